The Morgan fingerprint density at radius 1 is 1.42 bits per heavy atom. The predicted octanol–water partition coefficient (Wildman–Crippen LogP) is 0.971. The van der Waals surface area contributed by atoms with Crippen molar-refractivity contribution < 1.29 is 0 Å². The van der Waals surface area contributed by atoms with Gasteiger partial charge in [-0.25, -0.2) is 9.97 Å². The van der Waals surface area contributed by atoms with Crippen molar-refractivity contribution in [1.82, 2.24) is 9.97 Å². The quantitative estimate of drug-likeness (QED) is 0.687. The van der Waals surface area contributed by atoms with Gasteiger partial charge >= 0.3 is 0 Å². The summed E-state index contributed by atoms with van der Waals surface area (Å²) in [5.74, 6) is 1.25. The van der Waals surface area contributed by atoms with Crippen molar-refractivity contribution in [2.75, 3.05) is 18.1 Å². The third-order valence-electron chi connectivity index (χ3n) is 1.71. The number of nitrogen functional groups attached to an aromatic ring is 1. The summed E-state index contributed by atoms with van der Waals surface area (Å²) in [5, 5.41) is 2.99. The fraction of sp³-hybridized carbons (Fsp3) is 0.500. The van der Waals surface area contributed by atoms with E-state index in [9.17, 15) is 0 Å². The summed E-state index contributed by atoms with van der Waals surface area (Å²) in [6.07, 6.45) is 0.865. The van der Waals surface area contributed by atoms with Gasteiger partial charge in [0.2, 0.25) is 0 Å². The molecule has 0 aliphatic heterocycles. The van der Waals surface area contributed by atoms with Gasteiger partial charge in [0.1, 0.15) is 5.82 Å². The molecular formula is C8H14N4. The van der Waals surface area contributed by atoms with E-state index >= 15 is 0 Å². The summed E-state index contributed by atoms with van der Waals surface area (Å²) in [5.41, 5.74) is 7.52. The Morgan fingerprint density at radius 2 is 2.08 bits per heavy atom. The van der Waals surface area contributed by atoms with E-state index in [1.54, 1.807) is 0 Å². The first-order chi connectivity index (χ1) is 5.69. The van der Waals surface area contributed by atoms with Gasteiger partial charge in [0, 0.05) is 7.05 Å². The van der Waals surface area contributed by atoms with E-state index < -0.39 is 0 Å². The molecule has 0 aliphatic rings. The highest BCUT2D eigenvalue weighted by Crippen LogP contribution is 2.19. The summed E-state index contributed by atoms with van der Waals surface area (Å²) >= 11 is 0. The molecule has 4 heteroatoms. The van der Waals surface area contributed by atoms with E-state index in [4.69, 9.17) is 5.73 Å². The average Bonchev–Trinajstić information content (AvgIpc) is 2.03. The van der Waals surface area contributed by atoms with Gasteiger partial charge < -0.3 is 11.1 Å². The molecule has 0 unspecified atom stereocenters. The first-order valence-corrected chi connectivity index (χ1v) is 3.99. The molecule has 12 heavy (non-hydrogen) atoms. The number of nitrogens with zero attached hydrogens (tertiary/aromatic N) is 2. The number of hydrogen-bond donors (Lipinski definition) is 2. The third-order valence-corrected chi connectivity index (χ3v) is 1.71. The van der Waals surface area contributed by atoms with Crippen molar-refractivity contribution in [2.24, 2.45) is 0 Å². The smallest absolute Gasteiger partial charge is 0.150 e. The molecule has 0 fully saturated rings. The lowest BCUT2D eigenvalue weighted by Gasteiger charge is -2.09. The Morgan fingerprint density at radius 3 is 2.58 bits per heavy atom. The maximum absolute atomic E-state index is 5.69. The van der Waals surface area contributed by atoms with Crippen LogP contribution in [0.3, 0.4) is 0 Å². The minimum Gasteiger partial charge on any atom is -0.384 e. The van der Waals surface area contributed by atoms with Gasteiger partial charge in [0.15, 0.2) is 5.82 Å². The monoisotopic (exact) mass is 166 g/mol. The molecule has 0 radical (unpaired) electrons. The number of aromatic nitrogens is 2. The van der Waals surface area contributed by atoms with Gasteiger partial charge in [-0.3, -0.25) is 0 Å². The van der Waals surface area contributed by atoms with E-state index in [-0.39, 0.29) is 0 Å². The zero-order valence-electron chi connectivity index (χ0n) is 7.68. The van der Waals surface area contributed by atoms with Crippen LogP contribution >= 0.6 is 0 Å². The molecule has 0 amide bonds. The largest absolute Gasteiger partial charge is 0.384 e. The van der Waals surface area contributed by atoms with E-state index in [1.807, 2.05) is 20.9 Å². The van der Waals surface area contributed by atoms with Gasteiger partial charge in [-0.05, 0) is 13.3 Å². The topological polar surface area (TPSA) is 63.8 Å². The Labute approximate surface area is 72.2 Å². The lowest BCUT2D eigenvalue weighted by molar-refractivity contribution is 0.956. The second kappa shape index (κ2) is 3.38. The molecule has 0 saturated carbocycles. The predicted molar refractivity (Wildman–Crippen MR) is 50.1 cm³/mol. The van der Waals surface area contributed by atoms with E-state index in [2.05, 4.69) is 15.3 Å². The number of aryl methyl sites for hydroxylation is 2. The molecule has 0 saturated heterocycles. The van der Waals surface area contributed by atoms with Crippen LogP contribution in [0.4, 0.5) is 11.5 Å². The van der Waals surface area contributed by atoms with Gasteiger partial charge in [-0.2, -0.15) is 0 Å². The van der Waals surface area contributed by atoms with Crippen LogP contribution in [0.15, 0.2) is 0 Å². The van der Waals surface area contributed by atoms with Crippen LogP contribution < -0.4 is 11.1 Å². The lowest BCUT2D eigenvalue weighted by Crippen LogP contribution is -2.06. The second-order valence-corrected chi connectivity index (χ2v) is 2.58. The van der Waals surface area contributed by atoms with Crippen molar-refractivity contribution in [3.8, 4) is 0 Å². The van der Waals surface area contributed by atoms with Gasteiger partial charge in [0.25, 0.3) is 0 Å². The number of anilines is 2. The van der Waals surface area contributed by atoms with Gasteiger partial charge in [0.05, 0.1) is 11.4 Å². The van der Waals surface area contributed by atoms with Crippen molar-refractivity contribution in [1.29, 1.82) is 0 Å². The van der Waals surface area contributed by atoms with Gasteiger partial charge in [-0.1, -0.05) is 6.92 Å². The molecule has 0 aromatic carbocycles. The normalized spacial score (nSPS) is 9.92. The Balaban J connectivity index is 3.24. The molecule has 1 aromatic heterocycles. The van der Waals surface area contributed by atoms with Crippen molar-refractivity contribution >= 4 is 11.5 Å². The highest BCUT2D eigenvalue weighted by atomic mass is 15.0. The first-order valence-electron chi connectivity index (χ1n) is 3.99. The number of nitrogens with two attached hydrogens (primary N) is 1. The fourth-order valence-corrected chi connectivity index (χ4v) is 1.18. The maximum atomic E-state index is 5.69. The number of hydrogen-bond acceptors (Lipinski definition) is 4. The summed E-state index contributed by atoms with van der Waals surface area (Å²) in [4.78, 5) is 8.33. The minimum atomic E-state index is 0.529. The van der Waals surface area contributed by atoms with Crippen LogP contribution in [0, 0.1) is 6.92 Å². The molecule has 0 aliphatic carbocycles. The minimum absolute atomic E-state index is 0.529. The van der Waals surface area contributed by atoms with E-state index in [1.165, 1.54) is 0 Å². The molecule has 4 nitrogen and oxygen atoms in total. The second-order valence-electron chi connectivity index (χ2n) is 2.58. The van der Waals surface area contributed by atoms with Crippen molar-refractivity contribution in [2.45, 2.75) is 20.3 Å². The average molecular weight is 166 g/mol. The van der Waals surface area contributed by atoms with Crippen LogP contribution in [-0.4, -0.2) is 17.0 Å². The summed E-state index contributed by atoms with van der Waals surface area (Å²) in [6.45, 7) is 3.89. The molecule has 0 spiro atoms. The first kappa shape index (κ1) is 8.77. The number of nitrogens with one attached hydrogen (secondary N) is 1. The molecule has 66 valence electrons. The fourth-order valence-electron chi connectivity index (χ4n) is 1.18. The molecule has 1 heterocycles. The molecule has 0 bridgehead atoms. The summed E-state index contributed by atoms with van der Waals surface area (Å²) in [7, 11) is 1.82. The summed E-state index contributed by atoms with van der Waals surface area (Å²) in [6, 6.07) is 0. The number of rotatable bonds is 2. The van der Waals surface area contributed by atoms with Crippen LogP contribution in [-0.2, 0) is 6.42 Å². The molecule has 0 atom stereocenters. The molecule has 1 aromatic rings. The van der Waals surface area contributed by atoms with E-state index in [0.29, 0.717) is 5.82 Å². The standard InChI is InChI=1S/C8H14N4/c1-4-6-7(10-3)8(9)12-5(2)11-6/h10H,4H2,1-3H3,(H2,9,11,12). The van der Waals surface area contributed by atoms with Gasteiger partial charge in [-0.15, -0.1) is 0 Å². The van der Waals surface area contributed by atoms with Crippen molar-refractivity contribution in [3.05, 3.63) is 11.5 Å². The highest BCUT2D eigenvalue weighted by molar-refractivity contribution is 5.64. The zero-order chi connectivity index (χ0) is 9.14. The van der Waals surface area contributed by atoms with Crippen LogP contribution in [0.1, 0.15) is 18.4 Å². The maximum Gasteiger partial charge on any atom is 0.150 e. The van der Waals surface area contributed by atoms with Crippen molar-refractivity contribution in [3.63, 3.8) is 0 Å². The molecular weight excluding hydrogens is 152 g/mol. The van der Waals surface area contributed by atoms with Crippen LogP contribution in [0.25, 0.3) is 0 Å². The highest BCUT2D eigenvalue weighted by Gasteiger charge is 2.06. The Bertz CT molecular complexity index is 283. The van der Waals surface area contributed by atoms with Crippen LogP contribution in [0.5, 0.6) is 0 Å². The van der Waals surface area contributed by atoms with Crippen LogP contribution in [0.2, 0.25) is 0 Å². The zero-order valence-corrected chi connectivity index (χ0v) is 7.68. The SMILES string of the molecule is CCc1nc(C)nc(N)c1NC. The lowest BCUT2D eigenvalue weighted by atomic mass is 10.2. The molecule has 3 N–H and O–H groups in total. The third kappa shape index (κ3) is 1.47. The molecule has 1 rings (SSSR count). The summed E-state index contributed by atoms with van der Waals surface area (Å²) < 4.78 is 0. The Hall–Kier alpha value is -1.32. The Kier molecular flexibility index (Phi) is 2.47. The van der Waals surface area contributed by atoms with E-state index in [0.717, 1.165) is 23.6 Å².